The van der Waals surface area contributed by atoms with E-state index in [4.69, 9.17) is 33.0 Å². The minimum atomic E-state index is -1.11. The van der Waals surface area contributed by atoms with Gasteiger partial charge in [-0.1, -0.05) is 23.2 Å². The van der Waals surface area contributed by atoms with Crippen molar-refractivity contribution < 1.29 is 23.8 Å². The Labute approximate surface area is 123 Å². The minimum absolute atomic E-state index is 0.0452. The maximum atomic E-state index is 13.0. The van der Waals surface area contributed by atoms with E-state index in [1.165, 1.54) is 0 Å². The molecule has 108 valence electrons. The van der Waals surface area contributed by atoms with Crippen LogP contribution in [0.1, 0.15) is 12.8 Å². The van der Waals surface area contributed by atoms with Gasteiger partial charge >= 0.3 is 5.97 Å². The van der Waals surface area contributed by atoms with Crippen LogP contribution < -0.4 is 5.32 Å². The molecule has 0 spiro atoms. The third-order valence-electron chi connectivity index (χ3n) is 2.84. The summed E-state index contributed by atoms with van der Waals surface area (Å²) in [7, 11) is 0. The van der Waals surface area contributed by atoms with E-state index in [0.717, 1.165) is 12.1 Å². The number of carboxylic acids is 1. The van der Waals surface area contributed by atoms with E-state index in [0.29, 0.717) is 0 Å². The van der Waals surface area contributed by atoms with Gasteiger partial charge < -0.3 is 15.2 Å². The number of carboxylic acid groups (broad SMARTS) is 1. The van der Waals surface area contributed by atoms with Gasteiger partial charge in [0.25, 0.3) is 5.91 Å². The minimum Gasteiger partial charge on any atom is -0.479 e. The number of aliphatic carboxylic acids is 1. The molecule has 1 heterocycles. The van der Waals surface area contributed by atoms with Crippen LogP contribution >= 0.6 is 23.2 Å². The fraction of sp³-hybridized carbons (Fsp3) is 0.333. The van der Waals surface area contributed by atoms with E-state index in [1.807, 2.05) is 0 Å². The summed E-state index contributed by atoms with van der Waals surface area (Å²) in [5.41, 5.74) is 0.0714. The van der Waals surface area contributed by atoms with Gasteiger partial charge in [0.05, 0.1) is 15.7 Å². The summed E-state index contributed by atoms with van der Waals surface area (Å²) in [6.45, 7) is 0. The van der Waals surface area contributed by atoms with Crippen LogP contribution in [0.3, 0.4) is 0 Å². The number of nitrogens with one attached hydrogen (secondary N) is 1. The van der Waals surface area contributed by atoms with Crippen LogP contribution in [0.25, 0.3) is 0 Å². The Hall–Kier alpha value is -1.37. The lowest BCUT2D eigenvalue weighted by atomic mass is 10.2. The Balaban J connectivity index is 2.08. The number of hydrogen-bond acceptors (Lipinski definition) is 3. The van der Waals surface area contributed by atoms with Gasteiger partial charge in [-0.05, 0) is 25.0 Å². The molecule has 0 saturated carbocycles. The Morgan fingerprint density at radius 3 is 2.30 bits per heavy atom. The van der Waals surface area contributed by atoms with Crippen LogP contribution in [0.4, 0.5) is 10.1 Å². The van der Waals surface area contributed by atoms with E-state index < -0.39 is 29.9 Å². The van der Waals surface area contributed by atoms with Crippen LogP contribution in [-0.4, -0.2) is 29.2 Å². The fourth-order valence-corrected chi connectivity index (χ4v) is 2.43. The molecule has 1 saturated heterocycles. The van der Waals surface area contributed by atoms with Crippen LogP contribution in [0.5, 0.6) is 0 Å². The number of amides is 1. The van der Waals surface area contributed by atoms with Crippen molar-refractivity contribution in [2.45, 2.75) is 25.0 Å². The van der Waals surface area contributed by atoms with E-state index >= 15 is 0 Å². The van der Waals surface area contributed by atoms with Gasteiger partial charge in [-0.15, -0.1) is 0 Å². The van der Waals surface area contributed by atoms with Gasteiger partial charge in [0.2, 0.25) is 0 Å². The molecule has 1 aromatic carbocycles. The van der Waals surface area contributed by atoms with Crippen LogP contribution in [0, 0.1) is 5.82 Å². The summed E-state index contributed by atoms with van der Waals surface area (Å²) >= 11 is 11.6. The molecule has 0 radical (unpaired) electrons. The summed E-state index contributed by atoms with van der Waals surface area (Å²) in [6.07, 6.45) is -1.37. The maximum absolute atomic E-state index is 13.0. The predicted molar refractivity (Wildman–Crippen MR) is 70.6 cm³/mol. The van der Waals surface area contributed by atoms with Crippen LogP contribution in [0.15, 0.2) is 12.1 Å². The third kappa shape index (κ3) is 3.20. The Bertz CT molecular complexity index is 543. The zero-order valence-electron chi connectivity index (χ0n) is 10.0. The first kappa shape index (κ1) is 15.0. The molecule has 0 unspecified atom stereocenters. The van der Waals surface area contributed by atoms with E-state index in [-0.39, 0.29) is 28.6 Å². The summed E-state index contributed by atoms with van der Waals surface area (Å²) in [6, 6.07) is 2.03. The molecule has 20 heavy (non-hydrogen) atoms. The smallest absolute Gasteiger partial charge is 0.332 e. The summed E-state index contributed by atoms with van der Waals surface area (Å²) in [5, 5.41) is 11.1. The molecule has 1 amide bonds. The summed E-state index contributed by atoms with van der Waals surface area (Å²) in [4.78, 5) is 22.7. The van der Waals surface area contributed by atoms with Gasteiger partial charge in [-0.3, -0.25) is 4.79 Å². The molecule has 2 rings (SSSR count). The summed E-state index contributed by atoms with van der Waals surface area (Å²) < 4.78 is 18.1. The highest BCUT2D eigenvalue weighted by molar-refractivity contribution is 6.39. The quantitative estimate of drug-likeness (QED) is 0.897. The second-order valence-corrected chi connectivity index (χ2v) is 5.08. The van der Waals surface area contributed by atoms with Crippen molar-refractivity contribution in [1.82, 2.24) is 0 Å². The standard InChI is InChI=1S/C12H10Cl2FNO4/c13-6-3-5(15)4-7(14)10(6)16-11(17)8-1-2-9(20-8)12(18)19/h3-4,8-9H,1-2H2,(H,16,17)(H,18,19)/t8-,9+/m0/s1. The monoisotopic (exact) mass is 321 g/mol. The molecule has 1 aliphatic heterocycles. The third-order valence-corrected chi connectivity index (χ3v) is 3.44. The van der Waals surface area contributed by atoms with Gasteiger partial charge in [0.15, 0.2) is 6.10 Å². The van der Waals surface area contributed by atoms with Crippen molar-refractivity contribution in [2.24, 2.45) is 0 Å². The number of halogens is 3. The number of carbonyl (C=O) groups excluding carboxylic acids is 1. The first-order chi connectivity index (χ1) is 9.38. The topological polar surface area (TPSA) is 75.6 Å². The van der Waals surface area contributed by atoms with Crippen LogP contribution in [-0.2, 0) is 14.3 Å². The molecular formula is C12H10Cl2FNO4. The fourth-order valence-electron chi connectivity index (χ4n) is 1.88. The van der Waals surface area contributed by atoms with Crippen molar-refractivity contribution in [1.29, 1.82) is 0 Å². The van der Waals surface area contributed by atoms with Crippen LogP contribution in [0.2, 0.25) is 10.0 Å². The Morgan fingerprint density at radius 2 is 1.80 bits per heavy atom. The molecular weight excluding hydrogens is 312 g/mol. The first-order valence-corrected chi connectivity index (χ1v) is 6.47. The number of hydrogen-bond donors (Lipinski definition) is 2. The van der Waals surface area contributed by atoms with Gasteiger partial charge in [-0.2, -0.15) is 0 Å². The lowest BCUT2D eigenvalue weighted by Crippen LogP contribution is -2.30. The van der Waals surface area contributed by atoms with E-state index in [9.17, 15) is 14.0 Å². The lowest BCUT2D eigenvalue weighted by molar-refractivity contribution is -0.150. The highest BCUT2D eigenvalue weighted by Gasteiger charge is 2.35. The van der Waals surface area contributed by atoms with Gasteiger partial charge in [0, 0.05) is 0 Å². The average Bonchev–Trinajstić information content (AvgIpc) is 2.83. The SMILES string of the molecule is O=C(Nc1c(Cl)cc(F)cc1Cl)[C@@H]1CC[C@H](C(=O)O)O1. The Kier molecular flexibility index (Phi) is 4.47. The van der Waals surface area contributed by atoms with Crippen molar-refractivity contribution in [2.75, 3.05) is 5.32 Å². The molecule has 0 aromatic heterocycles. The summed E-state index contributed by atoms with van der Waals surface area (Å²) in [5.74, 6) is -2.30. The molecule has 1 fully saturated rings. The number of rotatable bonds is 3. The normalized spacial score (nSPS) is 21.8. The predicted octanol–water partition coefficient (Wildman–Crippen LogP) is 2.70. The van der Waals surface area contributed by atoms with E-state index in [1.54, 1.807) is 0 Å². The molecule has 5 nitrogen and oxygen atoms in total. The Morgan fingerprint density at radius 1 is 1.25 bits per heavy atom. The first-order valence-electron chi connectivity index (χ1n) is 5.72. The zero-order chi connectivity index (χ0) is 14.9. The maximum Gasteiger partial charge on any atom is 0.332 e. The molecule has 2 atom stereocenters. The molecule has 0 bridgehead atoms. The molecule has 1 aliphatic rings. The second-order valence-electron chi connectivity index (χ2n) is 4.26. The van der Waals surface area contributed by atoms with Gasteiger partial charge in [-0.25, -0.2) is 9.18 Å². The van der Waals surface area contributed by atoms with Gasteiger partial charge in [0.1, 0.15) is 11.9 Å². The molecule has 2 N–H and O–H groups in total. The second kappa shape index (κ2) is 5.95. The molecule has 1 aromatic rings. The highest BCUT2D eigenvalue weighted by atomic mass is 35.5. The molecule has 8 heteroatoms. The highest BCUT2D eigenvalue weighted by Crippen LogP contribution is 2.32. The number of carbonyl (C=O) groups is 2. The number of ether oxygens (including phenoxy) is 1. The number of anilines is 1. The number of benzene rings is 1. The van der Waals surface area contributed by atoms with E-state index in [2.05, 4.69) is 5.32 Å². The van der Waals surface area contributed by atoms with Crippen molar-refractivity contribution >= 4 is 40.8 Å². The lowest BCUT2D eigenvalue weighted by Gasteiger charge is -2.13. The largest absolute Gasteiger partial charge is 0.479 e. The van der Waals surface area contributed by atoms with Crippen molar-refractivity contribution in [3.63, 3.8) is 0 Å². The van der Waals surface area contributed by atoms with Crippen molar-refractivity contribution in [3.8, 4) is 0 Å². The molecule has 0 aliphatic carbocycles. The average molecular weight is 322 g/mol. The van der Waals surface area contributed by atoms with Crippen molar-refractivity contribution in [3.05, 3.63) is 28.0 Å². The zero-order valence-corrected chi connectivity index (χ0v) is 11.5.